The first-order valence-corrected chi connectivity index (χ1v) is 7.01. The van der Waals surface area contributed by atoms with E-state index in [1.54, 1.807) is 0 Å². The highest BCUT2D eigenvalue weighted by Gasteiger charge is 2.09. The summed E-state index contributed by atoms with van der Waals surface area (Å²) in [5, 5.41) is 6.12. The fraction of sp³-hybridized carbons (Fsp3) is 0.545. The Hall–Kier alpha value is -0.390. The Labute approximate surface area is 109 Å². The maximum atomic E-state index is 11.7. The fourth-order valence-electron chi connectivity index (χ4n) is 1.23. The maximum Gasteiger partial charge on any atom is 0.261 e. The largest absolute Gasteiger partial charge is 0.350 e. The summed E-state index contributed by atoms with van der Waals surface area (Å²) in [5.74, 6) is 0.0112. The van der Waals surface area contributed by atoms with E-state index in [1.807, 2.05) is 13.0 Å². The van der Waals surface area contributed by atoms with Crippen molar-refractivity contribution in [2.75, 3.05) is 19.6 Å². The van der Waals surface area contributed by atoms with Gasteiger partial charge >= 0.3 is 0 Å². The Morgan fingerprint density at radius 2 is 2.19 bits per heavy atom. The van der Waals surface area contributed by atoms with Gasteiger partial charge in [-0.25, -0.2) is 0 Å². The van der Waals surface area contributed by atoms with Crippen LogP contribution in [0, 0.1) is 6.92 Å². The lowest BCUT2D eigenvalue weighted by Gasteiger charge is -2.04. The van der Waals surface area contributed by atoms with Gasteiger partial charge in [-0.05, 0) is 47.4 Å². The second kappa shape index (κ2) is 7.04. The van der Waals surface area contributed by atoms with Crippen molar-refractivity contribution >= 4 is 33.2 Å². The van der Waals surface area contributed by atoms with Gasteiger partial charge in [0, 0.05) is 13.1 Å². The first-order chi connectivity index (χ1) is 7.65. The standard InChI is InChI=1S/C11H17BrN2OS/c1-3-4-13-5-6-14-11(15)9-7-8(2)10(12)16-9/h7,13H,3-6H2,1-2H3,(H,14,15). The molecule has 1 aromatic rings. The molecule has 0 spiro atoms. The van der Waals surface area contributed by atoms with Crippen molar-refractivity contribution < 1.29 is 4.79 Å². The average molecular weight is 305 g/mol. The molecule has 5 heteroatoms. The van der Waals surface area contributed by atoms with E-state index in [9.17, 15) is 4.79 Å². The third-order valence-electron chi connectivity index (χ3n) is 2.10. The van der Waals surface area contributed by atoms with Crippen LogP contribution in [0.3, 0.4) is 0 Å². The van der Waals surface area contributed by atoms with E-state index in [0.717, 1.165) is 33.7 Å². The lowest BCUT2D eigenvalue weighted by Crippen LogP contribution is -2.31. The van der Waals surface area contributed by atoms with E-state index < -0.39 is 0 Å². The summed E-state index contributed by atoms with van der Waals surface area (Å²) in [4.78, 5) is 12.5. The van der Waals surface area contributed by atoms with Gasteiger partial charge in [-0.15, -0.1) is 11.3 Å². The van der Waals surface area contributed by atoms with Crippen molar-refractivity contribution in [3.63, 3.8) is 0 Å². The molecular weight excluding hydrogens is 288 g/mol. The Kier molecular flexibility index (Phi) is 6.01. The molecule has 1 aromatic heterocycles. The molecule has 2 N–H and O–H groups in total. The summed E-state index contributed by atoms with van der Waals surface area (Å²) >= 11 is 4.89. The fourth-order valence-corrected chi connectivity index (χ4v) is 2.68. The molecular formula is C11H17BrN2OS. The van der Waals surface area contributed by atoms with Gasteiger partial charge in [-0.3, -0.25) is 4.79 Å². The van der Waals surface area contributed by atoms with E-state index in [0.29, 0.717) is 6.54 Å². The molecule has 0 bridgehead atoms. The summed E-state index contributed by atoms with van der Waals surface area (Å²) in [5.41, 5.74) is 1.11. The molecule has 0 fully saturated rings. The molecule has 0 aliphatic heterocycles. The zero-order valence-corrected chi connectivity index (χ0v) is 12.0. The highest BCUT2D eigenvalue weighted by atomic mass is 79.9. The number of halogens is 1. The molecule has 0 radical (unpaired) electrons. The number of hydrogen-bond donors (Lipinski definition) is 2. The van der Waals surface area contributed by atoms with E-state index in [2.05, 4.69) is 33.5 Å². The number of carbonyl (C=O) groups is 1. The van der Waals surface area contributed by atoms with Crippen LogP contribution in [0.5, 0.6) is 0 Å². The van der Waals surface area contributed by atoms with E-state index in [4.69, 9.17) is 0 Å². The van der Waals surface area contributed by atoms with Crippen LogP contribution < -0.4 is 10.6 Å². The normalized spacial score (nSPS) is 10.4. The molecule has 0 atom stereocenters. The Balaban J connectivity index is 2.30. The van der Waals surface area contributed by atoms with E-state index in [1.165, 1.54) is 11.3 Å². The average Bonchev–Trinajstić information content (AvgIpc) is 2.59. The van der Waals surface area contributed by atoms with Gasteiger partial charge in [0.15, 0.2) is 0 Å². The van der Waals surface area contributed by atoms with Gasteiger partial charge in [-0.1, -0.05) is 6.92 Å². The molecule has 0 unspecified atom stereocenters. The van der Waals surface area contributed by atoms with Crippen molar-refractivity contribution in [2.24, 2.45) is 0 Å². The zero-order chi connectivity index (χ0) is 12.0. The second-order valence-electron chi connectivity index (χ2n) is 3.57. The van der Waals surface area contributed by atoms with Gasteiger partial charge < -0.3 is 10.6 Å². The first-order valence-electron chi connectivity index (χ1n) is 5.40. The maximum absolute atomic E-state index is 11.7. The number of amides is 1. The van der Waals surface area contributed by atoms with Crippen LogP contribution in [-0.2, 0) is 0 Å². The van der Waals surface area contributed by atoms with Gasteiger partial charge in [0.1, 0.15) is 0 Å². The van der Waals surface area contributed by atoms with Crippen LogP contribution in [0.15, 0.2) is 9.85 Å². The van der Waals surface area contributed by atoms with Gasteiger partial charge in [0.25, 0.3) is 5.91 Å². The number of rotatable bonds is 6. The second-order valence-corrected chi connectivity index (χ2v) is 5.94. The third kappa shape index (κ3) is 4.23. The van der Waals surface area contributed by atoms with Crippen molar-refractivity contribution in [2.45, 2.75) is 20.3 Å². The van der Waals surface area contributed by atoms with Gasteiger partial charge in [0.05, 0.1) is 8.66 Å². The van der Waals surface area contributed by atoms with Crippen LogP contribution in [0.1, 0.15) is 28.6 Å². The lowest BCUT2D eigenvalue weighted by molar-refractivity contribution is 0.0958. The molecule has 0 aliphatic rings. The van der Waals surface area contributed by atoms with Crippen LogP contribution in [0.25, 0.3) is 0 Å². The number of carbonyl (C=O) groups excluding carboxylic acids is 1. The Bertz CT molecular complexity index is 332. The predicted octanol–water partition coefficient (Wildman–Crippen LogP) is 2.55. The molecule has 3 nitrogen and oxygen atoms in total. The summed E-state index contributed by atoms with van der Waals surface area (Å²) in [7, 11) is 0. The predicted molar refractivity (Wildman–Crippen MR) is 72.2 cm³/mol. The minimum absolute atomic E-state index is 0.0112. The Morgan fingerprint density at radius 3 is 2.75 bits per heavy atom. The molecule has 90 valence electrons. The van der Waals surface area contributed by atoms with E-state index >= 15 is 0 Å². The summed E-state index contributed by atoms with van der Waals surface area (Å²) in [6.45, 7) is 6.61. The van der Waals surface area contributed by atoms with Crippen LogP contribution >= 0.6 is 27.3 Å². The molecule has 1 heterocycles. The van der Waals surface area contributed by atoms with Crippen LogP contribution in [0.2, 0.25) is 0 Å². The molecule has 0 saturated heterocycles. The number of aryl methyl sites for hydroxylation is 1. The smallest absolute Gasteiger partial charge is 0.261 e. The van der Waals surface area contributed by atoms with E-state index in [-0.39, 0.29) is 5.91 Å². The van der Waals surface area contributed by atoms with Crippen molar-refractivity contribution in [1.82, 2.24) is 10.6 Å². The minimum Gasteiger partial charge on any atom is -0.350 e. The van der Waals surface area contributed by atoms with Crippen molar-refractivity contribution in [3.05, 3.63) is 20.3 Å². The molecule has 1 amide bonds. The Morgan fingerprint density at radius 1 is 1.44 bits per heavy atom. The zero-order valence-electron chi connectivity index (χ0n) is 9.60. The quantitative estimate of drug-likeness (QED) is 0.793. The summed E-state index contributed by atoms with van der Waals surface area (Å²) < 4.78 is 1.03. The molecule has 0 aromatic carbocycles. The topological polar surface area (TPSA) is 41.1 Å². The minimum atomic E-state index is 0.0112. The first kappa shape index (κ1) is 13.7. The highest BCUT2D eigenvalue weighted by molar-refractivity contribution is 9.11. The van der Waals surface area contributed by atoms with Crippen LogP contribution in [-0.4, -0.2) is 25.5 Å². The SMILES string of the molecule is CCCNCCNC(=O)c1cc(C)c(Br)s1. The number of hydrogen-bond acceptors (Lipinski definition) is 3. The molecule has 16 heavy (non-hydrogen) atoms. The van der Waals surface area contributed by atoms with Crippen LogP contribution in [0.4, 0.5) is 0 Å². The third-order valence-corrected chi connectivity index (χ3v) is 4.23. The molecule has 1 rings (SSSR count). The number of thiophene rings is 1. The van der Waals surface area contributed by atoms with Gasteiger partial charge in [0.2, 0.25) is 0 Å². The summed E-state index contributed by atoms with van der Waals surface area (Å²) in [6, 6.07) is 1.91. The van der Waals surface area contributed by atoms with Gasteiger partial charge in [-0.2, -0.15) is 0 Å². The lowest BCUT2D eigenvalue weighted by atomic mass is 10.3. The summed E-state index contributed by atoms with van der Waals surface area (Å²) in [6.07, 6.45) is 1.12. The molecule has 0 saturated carbocycles. The number of nitrogens with one attached hydrogen (secondary N) is 2. The van der Waals surface area contributed by atoms with Crippen molar-refractivity contribution in [1.29, 1.82) is 0 Å². The monoisotopic (exact) mass is 304 g/mol. The molecule has 0 aliphatic carbocycles. The highest BCUT2D eigenvalue weighted by Crippen LogP contribution is 2.26. The van der Waals surface area contributed by atoms with Crippen molar-refractivity contribution in [3.8, 4) is 0 Å².